The van der Waals surface area contributed by atoms with Crippen molar-refractivity contribution in [2.45, 2.75) is 0 Å². The number of benzene rings is 7. The lowest BCUT2D eigenvalue weighted by Crippen LogP contribution is -1.98. The molecule has 0 amide bonds. The van der Waals surface area contributed by atoms with Crippen molar-refractivity contribution in [2.75, 3.05) is 0 Å². The second kappa shape index (κ2) is 10.9. The van der Waals surface area contributed by atoms with E-state index < -0.39 is 0 Å². The second-order valence-electron chi connectivity index (χ2n) is 11.9. The first kappa shape index (κ1) is 27.4. The molecule has 0 N–H and O–H groups in total. The van der Waals surface area contributed by atoms with Gasteiger partial charge in [0.15, 0.2) is 0 Å². The fraction of sp³-hybridized carbons (Fsp3) is 0. The molecule has 0 atom stereocenters. The van der Waals surface area contributed by atoms with Crippen LogP contribution in [-0.2, 0) is 0 Å². The molecule has 2 aromatic heterocycles. The minimum atomic E-state index is 0.595. The van der Waals surface area contributed by atoms with E-state index in [-0.39, 0.29) is 0 Å². The molecular formula is C44H26N4. The Balaban J connectivity index is 1.21. The van der Waals surface area contributed by atoms with Gasteiger partial charge in [0, 0.05) is 21.5 Å². The van der Waals surface area contributed by atoms with E-state index in [1.807, 2.05) is 30.3 Å². The third kappa shape index (κ3) is 4.01. The van der Waals surface area contributed by atoms with Crippen molar-refractivity contribution in [3.63, 3.8) is 0 Å². The van der Waals surface area contributed by atoms with Crippen molar-refractivity contribution in [3.8, 4) is 33.6 Å². The van der Waals surface area contributed by atoms with Crippen molar-refractivity contribution >= 4 is 55.0 Å². The fourth-order valence-corrected chi connectivity index (χ4v) is 7.33. The molecule has 7 aromatic carbocycles. The van der Waals surface area contributed by atoms with Crippen LogP contribution in [0.1, 0.15) is 0 Å². The Labute approximate surface area is 277 Å². The Kier molecular flexibility index (Phi) is 6.22. The van der Waals surface area contributed by atoms with Crippen LogP contribution < -0.4 is 0 Å². The highest BCUT2D eigenvalue weighted by Gasteiger charge is 2.20. The normalized spacial score (nSPS) is 11.3. The Morgan fingerprint density at radius 2 is 0.812 bits per heavy atom. The maximum absolute atomic E-state index is 8.34. The number of fused-ring (bicyclic) bond motifs is 6. The van der Waals surface area contributed by atoms with E-state index in [0.717, 1.165) is 66.5 Å². The van der Waals surface area contributed by atoms with Crippen molar-refractivity contribution in [3.05, 3.63) is 181 Å². The molecule has 0 radical (unpaired) electrons. The maximum Gasteiger partial charge on any atom is 0.218 e. The lowest BCUT2D eigenvalue weighted by Gasteiger charge is -2.17. The monoisotopic (exact) mass is 610 g/mol. The summed E-state index contributed by atoms with van der Waals surface area (Å²) in [6, 6.07) is 54.0. The van der Waals surface area contributed by atoms with Crippen molar-refractivity contribution in [1.29, 1.82) is 0 Å². The second-order valence-corrected chi connectivity index (χ2v) is 11.9. The zero-order valence-electron chi connectivity index (χ0n) is 25.8. The molecule has 0 aliphatic heterocycles. The van der Waals surface area contributed by atoms with Crippen LogP contribution in [0.3, 0.4) is 0 Å². The van der Waals surface area contributed by atoms with Crippen LogP contribution in [0.5, 0.6) is 0 Å². The Bertz CT molecular complexity index is 2690. The van der Waals surface area contributed by atoms with Crippen LogP contribution in [0.25, 0.3) is 86.9 Å². The van der Waals surface area contributed by atoms with Crippen molar-refractivity contribution < 1.29 is 0 Å². The van der Waals surface area contributed by atoms with Gasteiger partial charge in [-0.05, 0) is 52.6 Å². The first-order valence-electron chi connectivity index (χ1n) is 15.9. The molecule has 48 heavy (non-hydrogen) atoms. The van der Waals surface area contributed by atoms with Gasteiger partial charge in [0.1, 0.15) is 0 Å². The molecule has 222 valence electrons. The predicted molar refractivity (Wildman–Crippen MR) is 199 cm³/mol. The first-order valence-corrected chi connectivity index (χ1v) is 15.9. The number of aromatic nitrogens is 2. The molecule has 4 heteroatoms. The highest BCUT2D eigenvalue weighted by molar-refractivity contribution is 6.11. The van der Waals surface area contributed by atoms with E-state index in [0.29, 0.717) is 11.4 Å². The maximum atomic E-state index is 8.34. The van der Waals surface area contributed by atoms with E-state index in [2.05, 4.69) is 146 Å². The Morgan fingerprint density at radius 3 is 1.31 bits per heavy atom. The average Bonchev–Trinajstić information content (AvgIpc) is 3.67. The molecule has 4 nitrogen and oxygen atoms in total. The van der Waals surface area contributed by atoms with E-state index in [4.69, 9.17) is 13.1 Å². The molecule has 9 aromatic rings. The molecule has 0 bridgehead atoms. The minimum absolute atomic E-state index is 0.595. The smallest absolute Gasteiger partial charge is 0.218 e. The third-order valence-corrected chi connectivity index (χ3v) is 9.39. The molecule has 0 aliphatic rings. The summed E-state index contributed by atoms with van der Waals surface area (Å²) < 4.78 is 4.44. The molecular weight excluding hydrogens is 585 g/mol. The summed E-state index contributed by atoms with van der Waals surface area (Å²) >= 11 is 0. The van der Waals surface area contributed by atoms with Crippen molar-refractivity contribution in [1.82, 2.24) is 9.13 Å². The predicted octanol–water partition coefficient (Wildman–Crippen LogP) is 12.3. The number of rotatable bonds is 4. The van der Waals surface area contributed by atoms with Crippen molar-refractivity contribution in [2.24, 2.45) is 0 Å². The summed E-state index contributed by atoms with van der Waals surface area (Å²) in [5.74, 6) is 0. The van der Waals surface area contributed by atoms with Gasteiger partial charge in [-0.1, -0.05) is 127 Å². The molecule has 0 spiro atoms. The molecule has 0 fully saturated rings. The van der Waals surface area contributed by atoms with Gasteiger partial charge in [-0.25, -0.2) is 9.69 Å². The van der Waals surface area contributed by atoms with E-state index in [1.165, 1.54) is 10.8 Å². The van der Waals surface area contributed by atoms with Crippen LogP contribution >= 0.6 is 0 Å². The minimum Gasteiger partial charge on any atom is -0.319 e. The third-order valence-electron chi connectivity index (χ3n) is 9.39. The average molecular weight is 611 g/mol. The quantitative estimate of drug-likeness (QED) is 0.177. The summed E-state index contributed by atoms with van der Waals surface area (Å²) in [6.07, 6.45) is 0. The number of hydrogen-bond acceptors (Lipinski definition) is 0. The van der Waals surface area contributed by atoms with Gasteiger partial charge >= 0.3 is 0 Å². The van der Waals surface area contributed by atoms with Crippen LogP contribution in [0, 0.1) is 13.1 Å². The van der Waals surface area contributed by atoms with Crippen LogP contribution in [-0.4, -0.2) is 9.13 Å². The largest absolute Gasteiger partial charge is 0.319 e. The summed E-state index contributed by atoms with van der Waals surface area (Å²) in [5, 5.41) is 4.65. The van der Waals surface area contributed by atoms with Crippen LogP contribution in [0.15, 0.2) is 158 Å². The zero-order valence-corrected chi connectivity index (χ0v) is 25.8. The van der Waals surface area contributed by atoms with Gasteiger partial charge in [-0.15, -0.1) is 0 Å². The van der Waals surface area contributed by atoms with E-state index in [1.54, 1.807) is 0 Å². The summed E-state index contributed by atoms with van der Waals surface area (Å²) in [7, 11) is 0. The molecule has 2 heterocycles. The number of nitrogens with zero attached hydrogens (tertiary/aromatic N) is 4. The van der Waals surface area contributed by atoms with Gasteiger partial charge in [0.2, 0.25) is 11.4 Å². The highest BCUT2D eigenvalue weighted by Crippen LogP contribution is 2.43. The van der Waals surface area contributed by atoms with Gasteiger partial charge in [-0.3, -0.25) is 0 Å². The SMILES string of the molecule is [C-]#[N+]c1cccc(-c2ccc(-c3cccc(-n4c5ccccc5c5ccccc54)c3[N+]#[C-])cc2)c1-n1c2ccccc2c2ccccc21. The lowest BCUT2D eigenvalue weighted by molar-refractivity contribution is 1.19. The van der Waals surface area contributed by atoms with E-state index >= 15 is 0 Å². The van der Waals surface area contributed by atoms with Gasteiger partial charge < -0.3 is 9.13 Å². The van der Waals surface area contributed by atoms with Gasteiger partial charge in [0.05, 0.1) is 46.6 Å². The Hall–Kier alpha value is -6.88. The molecule has 0 saturated carbocycles. The lowest BCUT2D eigenvalue weighted by atomic mass is 9.97. The first-order chi connectivity index (χ1) is 23.8. The van der Waals surface area contributed by atoms with Crippen LogP contribution in [0.4, 0.5) is 11.4 Å². The van der Waals surface area contributed by atoms with Gasteiger partial charge in [-0.2, -0.15) is 0 Å². The zero-order chi connectivity index (χ0) is 32.2. The fourth-order valence-electron chi connectivity index (χ4n) is 7.33. The number of hydrogen-bond donors (Lipinski definition) is 0. The standard InChI is InChI=1S/C44H26N4/c1-45-37-19-11-18-32(44(37)48-40-22-9-5-15-35(40)36-16-6-10-23-41(36)48)30-27-25-29(26-28-30)31-17-12-24-42(43(31)46-2)47-38-20-7-3-13-33(38)34-14-4-8-21-39(34)47/h3-28H. The number of para-hydroxylation sites is 6. The topological polar surface area (TPSA) is 18.6 Å². The van der Waals surface area contributed by atoms with Crippen LogP contribution in [0.2, 0.25) is 0 Å². The Morgan fingerprint density at radius 1 is 0.375 bits per heavy atom. The molecule has 0 unspecified atom stereocenters. The van der Waals surface area contributed by atoms with Gasteiger partial charge in [0.25, 0.3) is 0 Å². The molecule has 9 rings (SSSR count). The molecule has 0 aliphatic carbocycles. The molecule has 0 saturated heterocycles. The summed E-state index contributed by atoms with van der Waals surface area (Å²) in [5.41, 5.74) is 11.1. The van der Waals surface area contributed by atoms with E-state index in [9.17, 15) is 0 Å². The summed E-state index contributed by atoms with van der Waals surface area (Å²) in [6.45, 7) is 16.5. The highest BCUT2D eigenvalue weighted by atomic mass is 15.0. The summed E-state index contributed by atoms with van der Waals surface area (Å²) in [4.78, 5) is 8.10.